The summed E-state index contributed by atoms with van der Waals surface area (Å²) < 4.78 is 16.0. The average Bonchev–Trinajstić information content (AvgIpc) is 2.64. The largest absolute Gasteiger partial charge is 0.309 e. The van der Waals surface area contributed by atoms with E-state index in [1.54, 1.807) is 4.68 Å². The van der Waals surface area contributed by atoms with Crippen LogP contribution in [0.5, 0.6) is 0 Å². The third-order valence-electron chi connectivity index (χ3n) is 2.70. The van der Waals surface area contributed by atoms with Crippen molar-refractivity contribution >= 4 is 11.6 Å². The van der Waals surface area contributed by atoms with Crippen LogP contribution in [0.25, 0.3) is 0 Å². The van der Waals surface area contributed by atoms with Gasteiger partial charge >= 0.3 is 0 Å². The third kappa shape index (κ3) is 5.47. The molecule has 0 aliphatic heterocycles. The fourth-order valence-electron chi connectivity index (χ4n) is 1.65. The van der Waals surface area contributed by atoms with Gasteiger partial charge in [0, 0.05) is 18.6 Å². The standard InChI is InChI=1S/C13H24ClFN4/c1-13(2,3)16-9-11(15)12-10(14)8-17-19(12)7-6-18(4)5/h8,11,16H,6-7,9H2,1-5H3. The van der Waals surface area contributed by atoms with Crippen LogP contribution in [0.4, 0.5) is 4.39 Å². The van der Waals surface area contributed by atoms with Crippen LogP contribution in [0.1, 0.15) is 32.6 Å². The smallest absolute Gasteiger partial charge is 0.155 e. The Kier molecular flexibility index (Phi) is 5.77. The van der Waals surface area contributed by atoms with Gasteiger partial charge in [-0.05, 0) is 34.9 Å². The SMILES string of the molecule is CN(C)CCn1ncc(Cl)c1C(F)CNC(C)(C)C. The third-order valence-corrected chi connectivity index (χ3v) is 2.99. The van der Waals surface area contributed by atoms with Crippen molar-refractivity contribution in [1.29, 1.82) is 0 Å². The summed E-state index contributed by atoms with van der Waals surface area (Å²) in [5.41, 5.74) is 0.339. The number of hydrogen-bond donors (Lipinski definition) is 1. The fraction of sp³-hybridized carbons (Fsp3) is 0.769. The molecular weight excluding hydrogens is 267 g/mol. The maximum Gasteiger partial charge on any atom is 0.155 e. The molecule has 0 radical (unpaired) electrons. The quantitative estimate of drug-likeness (QED) is 0.874. The molecule has 0 aromatic carbocycles. The van der Waals surface area contributed by atoms with E-state index in [1.807, 2.05) is 39.8 Å². The van der Waals surface area contributed by atoms with E-state index in [1.165, 1.54) is 6.20 Å². The number of likely N-dealkylation sites (N-methyl/N-ethyl adjacent to an activating group) is 1. The summed E-state index contributed by atoms with van der Waals surface area (Å²) in [6.45, 7) is 7.67. The number of halogens is 2. The molecule has 0 aliphatic carbocycles. The van der Waals surface area contributed by atoms with Gasteiger partial charge in [-0.3, -0.25) is 4.68 Å². The van der Waals surface area contributed by atoms with Crippen molar-refractivity contribution in [2.45, 2.75) is 39.0 Å². The highest BCUT2D eigenvalue weighted by Gasteiger charge is 2.21. The van der Waals surface area contributed by atoms with E-state index in [-0.39, 0.29) is 12.1 Å². The van der Waals surface area contributed by atoms with E-state index < -0.39 is 6.17 Å². The van der Waals surface area contributed by atoms with E-state index in [0.717, 1.165) is 6.54 Å². The lowest BCUT2D eigenvalue weighted by molar-refractivity contribution is 0.271. The van der Waals surface area contributed by atoms with E-state index in [0.29, 0.717) is 17.3 Å². The summed E-state index contributed by atoms with van der Waals surface area (Å²) in [5, 5.41) is 7.68. The molecule has 0 saturated heterocycles. The van der Waals surface area contributed by atoms with Gasteiger partial charge in [0.2, 0.25) is 0 Å². The summed E-state index contributed by atoms with van der Waals surface area (Å²) in [5.74, 6) is 0. The maximum absolute atomic E-state index is 14.3. The molecule has 19 heavy (non-hydrogen) atoms. The minimum absolute atomic E-state index is 0.120. The highest BCUT2D eigenvalue weighted by molar-refractivity contribution is 6.31. The molecule has 1 unspecified atom stereocenters. The predicted octanol–water partition coefficient (Wildman–Crippen LogP) is 2.50. The molecule has 0 saturated carbocycles. The van der Waals surface area contributed by atoms with Gasteiger partial charge in [0.25, 0.3) is 0 Å². The molecule has 1 rings (SSSR count). The van der Waals surface area contributed by atoms with Crippen LogP contribution in [-0.4, -0.2) is 47.4 Å². The topological polar surface area (TPSA) is 33.1 Å². The zero-order chi connectivity index (χ0) is 14.6. The first-order valence-electron chi connectivity index (χ1n) is 6.46. The molecule has 1 N–H and O–H groups in total. The van der Waals surface area contributed by atoms with Gasteiger partial charge in [-0.15, -0.1) is 0 Å². The number of aromatic nitrogens is 2. The normalized spacial score (nSPS) is 14.1. The second-order valence-electron chi connectivity index (χ2n) is 6.00. The highest BCUT2D eigenvalue weighted by Crippen LogP contribution is 2.25. The van der Waals surface area contributed by atoms with Gasteiger partial charge in [-0.1, -0.05) is 11.6 Å². The summed E-state index contributed by atoms with van der Waals surface area (Å²) in [6, 6.07) is 0. The van der Waals surface area contributed by atoms with Gasteiger partial charge in [0.05, 0.1) is 23.5 Å². The fourth-order valence-corrected chi connectivity index (χ4v) is 1.91. The van der Waals surface area contributed by atoms with Gasteiger partial charge in [-0.2, -0.15) is 5.10 Å². The molecule has 0 aliphatic rings. The second-order valence-corrected chi connectivity index (χ2v) is 6.41. The molecule has 1 atom stereocenters. The number of nitrogens with one attached hydrogen (secondary N) is 1. The van der Waals surface area contributed by atoms with Crippen molar-refractivity contribution in [2.75, 3.05) is 27.2 Å². The summed E-state index contributed by atoms with van der Waals surface area (Å²) in [6.07, 6.45) is 0.354. The van der Waals surface area contributed by atoms with Crippen molar-refractivity contribution in [3.63, 3.8) is 0 Å². The van der Waals surface area contributed by atoms with Gasteiger partial charge in [-0.25, -0.2) is 4.39 Å². The molecule has 4 nitrogen and oxygen atoms in total. The Morgan fingerprint density at radius 2 is 2.11 bits per heavy atom. The highest BCUT2D eigenvalue weighted by atomic mass is 35.5. The molecule has 0 spiro atoms. The first kappa shape index (κ1) is 16.4. The minimum Gasteiger partial charge on any atom is -0.309 e. The Labute approximate surface area is 119 Å². The monoisotopic (exact) mass is 290 g/mol. The molecule has 0 amide bonds. The summed E-state index contributed by atoms with van der Waals surface area (Å²) in [7, 11) is 3.94. The van der Waals surface area contributed by atoms with Crippen LogP contribution in [0.15, 0.2) is 6.20 Å². The predicted molar refractivity (Wildman–Crippen MR) is 77.4 cm³/mol. The molecule has 1 aromatic heterocycles. The van der Waals surface area contributed by atoms with Crippen LogP contribution in [0.2, 0.25) is 5.02 Å². The first-order valence-corrected chi connectivity index (χ1v) is 6.83. The Balaban J connectivity index is 2.72. The number of nitrogens with zero attached hydrogens (tertiary/aromatic N) is 3. The molecular formula is C13H24ClFN4. The lowest BCUT2D eigenvalue weighted by atomic mass is 10.1. The second kappa shape index (κ2) is 6.68. The molecule has 1 heterocycles. The number of alkyl halides is 1. The Bertz CT molecular complexity index is 398. The van der Waals surface area contributed by atoms with Gasteiger partial charge in [0.15, 0.2) is 6.17 Å². The number of rotatable bonds is 6. The Hall–Kier alpha value is -0.650. The van der Waals surface area contributed by atoms with Gasteiger partial charge in [0.1, 0.15) is 0 Å². The minimum atomic E-state index is -1.16. The maximum atomic E-state index is 14.3. The molecule has 0 fully saturated rings. The lowest BCUT2D eigenvalue weighted by Gasteiger charge is -2.22. The lowest BCUT2D eigenvalue weighted by Crippen LogP contribution is -2.38. The van der Waals surface area contributed by atoms with Crippen molar-refractivity contribution < 1.29 is 4.39 Å². The molecule has 110 valence electrons. The Morgan fingerprint density at radius 3 is 2.63 bits per heavy atom. The van der Waals surface area contributed by atoms with Crippen LogP contribution in [0.3, 0.4) is 0 Å². The van der Waals surface area contributed by atoms with Crippen molar-refractivity contribution in [3.8, 4) is 0 Å². The summed E-state index contributed by atoms with van der Waals surface area (Å²) >= 11 is 6.04. The van der Waals surface area contributed by atoms with E-state index in [4.69, 9.17) is 11.6 Å². The van der Waals surface area contributed by atoms with Crippen molar-refractivity contribution in [1.82, 2.24) is 20.0 Å². The van der Waals surface area contributed by atoms with Crippen LogP contribution < -0.4 is 5.32 Å². The van der Waals surface area contributed by atoms with Crippen molar-refractivity contribution in [2.24, 2.45) is 0 Å². The van der Waals surface area contributed by atoms with Crippen molar-refractivity contribution in [3.05, 3.63) is 16.9 Å². The van der Waals surface area contributed by atoms with Crippen LogP contribution in [-0.2, 0) is 6.54 Å². The summed E-state index contributed by atoms with van der Waals surface area (Å²) in [4.78, 5) is 2.03. The Morgan fingerprint density at radius 1 is 1.47 bits per heavy atom. The van der Waals surface area contributed by atoms with Gasteiger partial charge < -0.3 is 10.2 Å². The molecule has 6 heteroatoms. The molecule has 0 bridgehead atoms. The van der Waals surface area contributed by atoms with E-state index >= 15 is 0 Å². The van der Waals surface area contributed by atoms with Crippen LogP contribution >= 0.6 is 11.6 Å². The zero-order valence-electron chi connectivity index (χ0n) is 12.4. The molecule has 1 aromatic rings. The average molecular weight is 291 g/mol. The first-order chi connectivity index (χ1) is 8.70. The van der Waals surface area contributed by atoms with E-state index in [2.05, 4.69) is 10.4 Å². The number of hydrogen-bond acceptors (Lipinski definition) is 3. The van der Waals surface area contributed by atoms with Crippen LogP contribution in [0, 0.1) is 0 Å². The van der Waals surface area contributed by atoms with E-state index in [9.17, 15) is 4.39 Å². The zero-order valence-corrected chi connectivity index (χ0v) is 13.1.